The summed E-state index contributed by atoms with van der Waals surface area (Å²) < 4.78 is 0. The second-order valence-corrected chi connectivity index (χ2v) is 11.0. The van der Waals surface area contributed by atoms with Gasteiger partial charge in [0.05, 0.1) is 0 Å². The van der Waals surface area contributed by atoms with Crippen molar-refractivity contribution >= 4 is 5.91 Å². The standard InChI is InChI=1S/C23H43N3O/c1-22(2)14-19(15-23(3,4)25-22)13-21(27)24-20-11-8-12-26(17-20)16-18-9-6-5-7-10-18/h18-20,25H,5-17H2,1-4H3,(H,24,27)/t20-/m1/s1. The van der Waals surface area contributed by atoms with Crippen molar-refractivity contribution in [3.05, 3.63) is 0 Å². The van der Waals surface area contributed by atoms with Crippen molar-refractivity contribution < 1.29 is 4.79 Å². The Morgan fingerprint density at radius 3 is 2.30 bits per heavy atom. The van der Waals surface area contributed by atoms with E-state index in [0.717, 1.165) is 31.7 Å². The Bertz CT molecular complexity index is 480. The smallest absolute Gasteiger partial charge is 0.220 e. The quantitative estimate of drug-likeness (QED) is 0.758. The van der Waals surface area contributed by atoms with E-state index in [1.54, 1.807) is 0 Å². The summed E-state index contributed by atoms with van der Waals surface area (Å²) in [4.78, 5) is 15.4. The molecular formula is C23H43N3O. The van der Waals surface area contributed by atoms with Gasteiger partial charge in [0.25, 0.3) is 0 Å². The lowest BCUT2D eigenvalue weighted by Crippen LogP contribution is -2.58. The van der Waals surface area contributed by atoms with Gasteiger partial charge in [-0.25, -0.2) is 0 Å². The van der Waals surface area contributed by atoms with Crippen molar-refractivity contribution in [1.82, 2.24) is 15.5 Å². The molecule has 3 aliphatic rings. The first-order chi connectivity index (χ1) is 12.7. The first-order valence-corrected chi connectivity index (χ1v) is 11.5. The SMILES string of the molecule is CC1(C)CC(CC(=O)N[C@@H]2CCCN(CC3CCCCC3)C2)CC(C)(C)N1. The molecule has 0 aromatic heterocycles. The molecule has 0 spiro atoms. The van der Waals surface area contributed by atoms with Gasteiger partial charge >= 0.3 is 0 Å². The van der Waals surface area contributed by atoms with E-state index in [-0.39, 0.29) is 17.0 Å². The van der Waals surface area contributed by atoms with Crippen LogP contribution in [0, 0.1) is 11.8 Å². The summed E-state index contributed by atoms with van der Waals surface area (Å²) >= 11 is 0. The average molecular weight is 378 g/mol. The second-order valence-electron chi connectivity index (χ2n) is 11.0. The van der Waals surface area contributed by atoms with Crippen LogP contribution in [0.5, 0.6) is 0 Å². The van der Waals surface area contributed by atoms with E-state index >= 15 is 0 Å². The van der Waals surface area contributed by atoms with Crippen LogP contribution >= 0.6 is 0 Å². The normalized spacial score (nSPS) is 30.1. The minimum atomic E-state index is 0.119. The monoisotopic (exact) mass is 377 g/mol. The Labute approximate surface area is 167 Å². The zero-order valence-corrected chi connectivity index (χ0v) is 18.3. The maximum absolute atomic E-state index is 12.7. The molecule has 4 nitrogen and oxygen atoms in total. The van der Waals surface area contributed by atoms with Crippen molar-refractivity contribution in [3.63, 3.8) is 0 Å². The summed E-state index contributed by atoms with van der Waals surface area (Å²) in [7, 11) is 0. The molecular weight excluding hydrogens is 334 g/mol. The maximum Gasteiger partial charge on any atom is 0.220 e. The molecule has 2 N–H and O–H groups in total. The average Bonchev–Trinajstić information content (AvgIpc) is 2.52. The lowest BCUT2D eigenvalue weighted by Gasteiger charge is -2.46. The summed E-state index contributed by atoms with van der Waals surface area (Å²) in [6.45, 7) is 12.6. The number of likely N-dealkylation sites (tertiary alicyclic amines) is 1. The molecule has 0 aromatic rings. The Hall–Kier alpha value is -0.610. The summed E-state index contributed by atoms with van der Waals surface area (Å²) in [5, 5.41) is 7.11. The lowest BCUT2D eigenvalue weighted by atomic mass is 9.74. The minimum absolute atomic E-state index is 0.119. The second kappa shape index (κ2) is 8.82. The number of rotatable bonds is 5. The number of hydrogen-bond acceptors (Lipinski definition) is 3. The van der Waals surface area contributed by atoms with Crippen LogP contribution < -0.4 is 10.6 Å². The number of piperidine rings is 2. The third-order valence-electron chi connectivity index (χ3n) is 6.86. The Kier molecular flexibility index (Phi) is 6.89. The number of nitrogens with zero attached hydrogens (tertiary/aromatic N) is 1. The van der Waals surface area contributed by atoms with Crippen molar-refractivity contribution in [3.8, 4) is 0 Å². The number of carbonyl (C=O) groups excluding carboxylic acids is 1. The van der Waals surface area contributed by atoms with Crippen LogP contribution in [0.15, 0.2) is 0 Å². The molecule has 0 radical (unpaired) electrons. The molecule has 3 rings (SSSR count). The summed E-state index contributed by atoms with van der Waals surface area (Å²) in [6, 6.07) is 0.359. The van der Waals surface area contributed by atoms with E-state index in [1.165, 1.54) is 51.6 Å². The first-order valence-electron chi connectivity index (χ1n) is 11.5. The number of hydrogen-bond donors (Lipinski definition) is 2. The number of amides is 1. The summed E-state index contributed by atoms with van der Waals surface area (Å²) in [5.74, 6) is 1.66. The largest absolute Gasteiger partial charge is 0.352 e. The lowest BCUT2D eigenvalue weighted by molar-refractivity contribution is -0.123. The third kappa shape index (κ3) is 6.74. The van der Waals surface area contributed by atoms with E-state index in [1.807, 2.05) is 0 Å². The molecule has 27 heavy (non-hydrogen) atoms. The molecule has 2 saturated heterocycles. The highest BCUT2D eigenvalue weighted by Crippen LogP contribution is 2.34. The van der Waals surface area contributed by atoms with Crippen LogP contribution in [-0.4, -0.2) is 47.6 Å². The van der Waals surface area contributed by atoms with E-state index in [0.29, 0.717) is 18.4 Å². The molecule has 156 valence electrons. The van der Waals surface area contributed by atoms with Gasteiger partial charge in [0.1, 0.15) is 0 Å². The molecule has 2 heterocycles. The zero-order valence-electron chi connectivity index (χ0n) is 18.3. The Balaban J connectivity index is 1.44. The molecule has 0 aromatic carbocycles. The fourth-order valence-electron chi connectivity index (χ4n) is 6.30. The van der Waals surface area contributed by atoms with E-state index in [2.05, 4.69) is 43.2 Å². The van der Waals surface area contributed by atoms with Gasteiger partial charge < -0.3 is 15.5 Å². The molecule has 3 fully saturated rings. The Morgan fingerprint density at radius 2 is 1.63 bits per heavy atom. The predicted octanol–water partition coefficient (Wildman–Crippen LogP) is 4.09. The molecule has 1 saturated carbocycles. The van der Waals surface area contributed by atoms with Gasteiger partial charge in [-0.05, 0) is 84.6 Å². The van der Waals surface area contributed by atoms with E-state index in [4.69, 9.17) is 0 Å². The zero-order chi connectivity index (χ0) is 19.5. The van der Waals surface area contributed by atoms with Crippen LogP contribution in [0.3, 0.4) is 0 Å². The van der Waals surface area contributed by atoms with Gasteiger partial charge in [-0.1, -0.05) is 19.3 Å². The number of nitrogens with one attached hydrogen (secondary N) is 2. The van der Waals surface area contributed by atoms with Gasteiger partial charge in [0.2, 0.25) is 5.91 Å². The highest BCUT2D eigenvalue weighted by Gasteiger charge is 2.38. The molecule has 1 atom stereocenters. The van der Waals surface area contributed by atoms with Crippen molar-refractivity contribution in [1.29, 1.82) is 0 Å². The first kappa shape index (κ1) is 21.1. The fourth-order valence-corrected chi connectivity index (χ4v) is 6.30. The molecule has 1 amide bonds. The molecule has 2 aliphatic heterocycles. The predicted molar refractivity (Wildman–Crippen MR) is 113 cm³/mol. The van der Waals surface area contributed by atoms with Crippen LogP contribution in [0.25, 0.3) is 0 Å². The van der Waals surface area contributed by atoms with Gasteiger partial charge in [-0.15, -0.1) is 0 Å². The van der Waals surface area contributed by atoms with Gasteiger partial charge in [-0.2, -0.15) is 0 Å². The highest BCUT2D eigenvalue weighted by atomic mass is 16.1. The van der Waals surface area contributed by atoms with E-state index < -0.39 is 0 Å². The van der Waals surface area contributed by atoms with Crippen LogP contribution in [0.1, 0.15) is 91.9 Å². The summed E-state index contributed by atoms with van der Waals surface area (Å²) in [6.07, 6.45) is 12.3. The van der Waals surface area contributed by atoms with Crippen molar-refractivity contribution in [2.75, 3.05) is 19.6 Å². The van der Waals surface area contributed by atoms with Crippen molar-refractivity contribution in [2.45, 2.75) is 109 Å². The van der Waals surface area contributed by atoms with E-state index in [9.17, 15) is 4.79 Å². The maximum atomic E-state index is 12.7. The summed E-state index contributed by atoms with van der Waals surface area (Å²) in [5.41, 5.74) is 0.239. The molecule has 4 heteroatoms. The molecule has 0 bridgehead atoms. The topological polar surface area (TPSA) is 44.4 Å². The molecule has 0 unspecified atom stereocenters. The molecule has 1 aliphatic carbocycles. The Morgan fingerprint density at radius 1 is 0.963 bits per heavy atom. The van der Waals surface area contributed by atoms with Crippen molar-refractivity contribution in [2.24, 2.45) is 11.8 Å². The number of carbonyl (C=O) groups is 1. The van der Waals surface area contributed by atoms with Crippen LogP contribution in [-0.2, 0) is 4.79 Å². The van der Waals surface area contributed by atoms with Gasteiger partial charge in [0.15, 0.2) is 0 Å². The van der Waals surface area contributed by atoms with Crippen LogP contribution in [0.2, 0.25) is 0 Å². The minimum Gasteiger partial charge on any atom is -0.352 e. The van der Waals surface area contributed by atoms with Crippen LogP contribution in [0.4, 0.5) is 0 Å². The van der Waals surface area contributed by atoms with Gasteiger partial charge in [-0.3, -0.25) is 4.79 Å². The van der Waals surface area contributed by atoms with Gasteiger partial charge in [0, 0.05) is 36.6 Å². The fraction of sp³-hybridized carbons (Fsp3) is 0.957. The third-order valence-corrected chi connectivity index (χ3v) is 6.86. The highest BCUT2D eigenvalue weighted by molar-refractivity contribution is 5.76.